The molecule has 0 saturated carbocycles. The van der Waals surface area contributed by atoms with E-state index in [1.54, 1.807) is 0 Å². The lowest BCUT2D eigenvalue weighted by atomic mass is 10.0. The summed E-state index contributed by atoms with van der Waals surface area (Å²) in [5, 5.41) is 5.88. The van der Waals surface area contributed by atoms with Gasteiger partial charge in [0.05, 0.1) is 6.17 Å². The SMILES string of the molecule is CC(C)CCCCCCCCCCCCCCC(=O)NC(C)NC(=O)CCCCCCCCCCCCCCC(C)C. The van der Waals surface area contributed by atoms with E-state index >= 15 is 0 Å². The van der Waals surface area contributed by atoms with Crippen LogP contribution >= 0.6 is 0 Å². The summed E-state index contributed by atoms with van der Waals surface area (Å²) in [6, 6.07) is 0. The number of nitrogens with one attached hydrogen (secondary N) is 2. The van der Waals surface area contributed by atoms with Crippen molar-refractivity contribution in [2.24, 2.45) is 11.8 Å². The molecule has 2 N–H and O–H groups in total. The second-order valence-electron chi connectivity index (χ2n) is 14.2. The second-order valence-corrected chi connectivity index (χ2v) is 14.2. The molecule has 0 aliphatic heterocycles. The predicted octanol–water partition coefficient (Wildman–Crippen LogP) is 11.8. The van der Waals surface area contributed by atoms with Crippen LogP contribution in [0, 0.1) is 11.8 Å². The van der Waals surface area contributed by atoms with Gasteiger partial charge in [-0.1, -0.05) is 182 Å². The van der Waals surface area contributed by atoms with Crippen LogP contribution in [0.1, 0.15) is 214 Å². The van der Waals surface area contributed by atoms with Gasteiger partial charge in [-0.25, -0.2) is 0 Å². The van der Waals surface area contributed by atoms with Crippen LogP contribution in [0.2, 0.25) is 0 Å². The summed E-state index contributed by atoms with van der Waals surface area (Å²) in [5.74, 6) is 1.83. The highest BCUT2D eigenvalue weighted by atomic mass is 16.2. The first-order chi connectivity index (χ1) is 20.3. The molecule has 0 aliphatic rings. The molecule has 0 saturated heterocycles. The minimum absolute atomic E-state index is 0.0577. The van der Waals surface area contributed by atoms with Gasteiger partial charge in [0.25, 0.3) is 0 Å². The highest BCUT2D eigenvalue weighted by Gasteiger charge is 2.10. The summed E-state index contributed by atoms with van der Waals surface area (Å²) in [6.07, 6.45) is 35.1. The van der Waals surface area contributed by atoms with Gasteiger partial charge in [-0.15, -0.1) is 0 Å². The average molecular weight is 593 g/mol. The van der Waals surface area contributed by atoms with Gasteiger partial charge in [0.1, 0.15) is 0 Å². The molecule has 0 heterocycles. The topological polar surface area (TPSA) is 58.2 Å². The Bertz CT molecular complexity index is 540. The largest absolute Gasteiger partial charge is 0.336 e. The fraction of sp³-hybridized carbons (Fsp3) is 0.947. The van der Waals surface area contributed by atoms with Crippen molar-refractivity contribution < 1.29 is 9.59 Å². The van der Waals surface area contributed by atoms with Crippen LogP contribution in [0.4, 0.5) is 0 Å². The lowest BCUT2D eigenvalue weighted by Crippen LogP contribution is -2.45. The fourth-order valence-electron chi connectivity index (χ4n) is 5.88. The van der Waals surface area contributed by atoms with Crippen LogP contribution in [0.25, 0.3) is 0 Å². The van der Waals surface area contributed by atoms with Gasteiger partial charge >= 0.3 is 0 Å². The molecule has 0 aromatic carbocycles. The van der Waals surface area contributed by atoms with Crippen molar-refractivity contribution in [2.45, 2.75) is 221 Å². The number of rotatable bonds is 32. The molecule has 0 aliphatic carbocycles. The highest BCUT2D eigenvalue weighted by Crippen LogP contribution is 2.16. The summed E-state index contributed by atoms with van der Waals surface area (Å²) in [6.45, 7) is 11.1. The van der Waals surface area contributed by atoms with E-state index in [1.807, 2.05) is 6.92 Å². The zero-order valence-electron chi connectivity index (χ0n) is 29.3. The molecular weight excluding hydrogens is 516 g/mol. The molecule has 0 atom stereocenters. The van der Waals surface area contributed by atoms with Crippen molar-refractivity contribution in [3.8, 4) is 0 Å². The Morgan fingerprint density at radius 3 is 0.810 bits per heavy atom. The highest BCUT2D eigenvalue weighted by molar-refractivity contribution is 5.79. The Labute approximate surface area is 264 Å². The third-order valence-corrected chi connectivity index (χ3v) is 8.63. The summed E-state index contributed by atoms with van der Waals surface area (Å²) in [4.78, 5) is 24.4. The van der Waals surface area contributed by atoms with E-state index < -0.39 is 0 Å². The summed E-state index contributed by atoms with van der Waals surface area (Å²) < 4.78 is 0. The van der Waals surface area contributed by atoms with Crippen molar-refractivity contribution in [1.82, 2.24) is 10.6 Å². The van der Waals surface area contributed by atoms with Gasteiger partial charge in [0, 0.05) is 12.8 Å². The molecule has 42 heavy (non-hydrogen) atoms. The first-order valence-electron chi connectivity index (χ1n) is 18.9. The second kappa shape index (κ2) is 31.4. The normalized spacial score (nSPS) is 11.6. The molecule has 2 amide bonds. The molecule has 0 spiro atoms. The summed E-state index contributed by atoms with van der Waals surface area (Å²) >= 11 is 0. The molecule has 0 bridgehead atoms. The molecule has 0 unspecified atom stereocenters. The maximum absolute atomic E-state index is 12.2. The van der Waals surface area contributed by atoms with Crippen LogP contribution in [0.5, 0.6) is 0 Å². The number of hydrogen-bond acceptors (Lipinski definition) is 2. The maximum Gasteiger partial charge on any atom is 0.221 e. The Morgan fingerprint density at radius 2 is 0.571 bits per heavy atom. The molecule has 4 heteroatoms. The standard InChI is InChI=1S/C38H76N2O2/c1-34(2)30-26-22-18-14-10-6-8-12-16-20-24-28-32-37(41)39-36(5)40-38(42)33-29-25-21-17-13-9-7-11-15-19-23-27-31-35(3)4/h34-36H,6-33H2,1-5H3,(H,39,41)(H,40,42). The molecular formula is C38H76N2O2. The van der Waals surface area contributed by atoms with Crippen molar-refractivity contribution >= 4 is 11.8 Å². The molecule has 250 valence electrons. The number of carbonyl (C=O) groups is 2. The summed E-state index contributed by atoms with van der Waals surface area (Å²) in [5.41, 5.74) is 0. The molecule has 0 rings (SSSR count). The third kappa shape index (κ3) is 33.4. The average Bonchev–Trinajstić information content (AvgIpc) is 2.92. The van der Waals surface area contributed by atoms with Crippen LogP contribution < -0.4 is 10.6 Å². The first-order valence-corrected chi connectivity index (χ1v) is 18.9. The van der Waals surface area contributed by atoms with Crippen molar-refractivity contribution in [1.29, 1.82) is 0 Å². The lowest BCUT2D eigenvalue weighted by molar-refractivity contribution is -0.124. The van der Waals surface area contributed by atoms with Crippen LogP contribution in [-0.2, 0) is 9.59 Å². The number of hydrogen-bond donors (Lipinski definition) is 2. The van der Waals surface area contributed by atoms with E-state index in [2.05, 4.69) is 38.3 Å². The van der Waals surface area contributed by atoms with Crippen molar-refractivity contribution in [3.63, 3.8) is 0 Å². The third-order valence-electron chi connectivity index (χ3n) is 8.63. The molecule has 0 aromatic rings. The van der Waals surface area contributed by atoms with E-state index in [9.17, 15) is 9.59 Å². The lowest BCUT2D eigenvalue weighted by Gasteiger charge is -2.16. The summed E-state index contributed by atoms with van der Waals surface area (Å²) in [7, 11) is 0. The van der Waals surface area contributed by atoms with Crippen LogP contribution in [0.15, 0.2) is 0 Å². The van der Waals surface area contributed by atoms with Gasteiger partial charge < -0.3 is 10.6 Å². The maximum atomic E-state index is 12.2. The Kier molecular flexibility index (Phi) is 30.6. The monoisotopic (exact) mass is 593 g/mol. The molecule has 0 aromatic heterocycles. The molecule has 0 fully saturated rings. The zero-order valence-corrected chi connectivity index (χ0v) is 29.3. The van der Waals surface area contributed by atoms with Gasteiger partial charge in [-0.3, -0.25) is 9.59 Å². The number of carbonyl (C=O) groups excluding carboxylic acids is 2. The zero-order chi connectivity index (χ0) is 31.1. The molecule has 0 radical (unpaired) electrons. The van der Waals surface area contributed by atoms with Crippen LogP contribution in [0.3, 0.4) is 0 Å². The quantitative estimate of drug-likeness (QED) is 0.0603. The van der Waals surface area contributed by atoms with E-state index in [-0.39, 0.29) is 18.0 Å². The van der Waals surface area contributed by atoms with Crippen molar-refractivity contribution in [2.75, 3.05) is 0 Å². The Morgan fingerprint density at radius 1 is 0.357 bits per heavy atom. The van der Waals surface area contributed by atoms with E-state index in [0.717, 1.165) is 37.5 Å². The van der Waals surface area contributed by atoms with Gasteiger partial charge in [-0.05, 0) is 31.6 Å². The van der Waals surface area contributed by atoms with E-state index in [4.69, 9.17) is 0 Å². The smallest absolute Gasteiger partial charge is 0.221 e. The van der Waals surface area contributed by atoms with E-state index in [0.29, 0.717) is 12.8 Å². The van der Waals surface area contributed by atoms with Crippen molar-refractivity contribution in [3.05, 3.63) is 0 Å². The van der Waals surface area contributed by atoms with Gasteiger partial charge in [0.2, 0.25) is 11.8 Å². The fourth-order valence-corrected chi connectivity index (χ4v) is 5.88. The van der Waals surface area contributed by atoms with Gasteiger partial charge in [-0.2, -0.15) is 0 Å². The number of unbranched alkanes of at least 4 members (excludes halogenated alkanes) is 22. The molecule has 4 nitrogen and oxygen atoms in total. The Hall–Kier alpha value is -1.06. The predicted molar refractivity (Wildman–Crippen MR) is 185 cm³/mol. The minimum atomic E-state index is -0.282. The minimum Gasteiger partial charge on any atom is -0.336 e. The van der Waals surface area contributed by atoms with Crippen LogP contribution in [-0.4, -0.2) is 18.0 Å². The van der Waals surface area contributed by atoms with Gasteiger partial charge in [0.15, 0.2) is 0 Å². The first kappa shape index (κ1) is 40.9. The Balaban J connectivity index is 3.41. The van der Waals surface area contributed by atoms with E-state index in [1.165, 1.54) is 141 Å². The number of amides is 2.